The van der Waals surface area contributed by atoms with E-state index in [0.29, 0.717) is 6.61 Å². The van der Waals surface area contributed by atoms with E-state index in [2.05, 4.69) is 9.80 Å². The molecule has 2 aliphatic heterocycles. The molecule has 0 spiro atoms. The number of ether oxygens (including phenoxy) is 1. The van der Waals surface area contributed by atoms with Crippen molar-refractivity contribution in [1.82, 2.24) is 9.80 Å². The fourth-order valence-corrected chi connectivity index (χ4v) is 3.08. The number of carboxylic acids is 1. The van der Waals surface area contributed by atoms with Gasteiger partial charge in [0.1, 0.15) is 0 Å². The molecule has 0 bridgehead atoms. The van der Waals surface area contributed by atoms with Gasteiger partial charge in [0.25, 0.3) is 0 Å². The fourth-order valence-electron chi connectivity index (χ4n) is 3.08. The Labute approximate surface area is 121 Å². The summed E-state index contributed by atoms with van der Waals surface area (Å²) < 4.78 is 5.62. The molecule has 0 radical (unpaired) electrons. The zero-order chi connectivity index (χ0) is 14.2. The van der Waals surface area contributed by atoms with Crippen molar-refractivity contribution in [1.29, 1.82) is 0 Å². The minimum Gasteiger partial charge on any atom is -0.481 e. The van der Waals surface area contributed by atoms with E-state index in [0.717, 1.165) is 25.9 Å². The average molecular weight is 284 g/mol. The van der Waals surface area contributed by atoms with Gasteiger partial charge in [-0.2, -0.15) is 0 Å². The Kier molecular flexibility index (Phi) is 6.76. The van der Waals surface area contributed by atoms with Crippen LogP contribution < -0.4 is 0 Å². The molecule has 2 fully saturated rings. The van der Waals surface area contributed by atoms with Gasteiger partial charge in [-0.1, -0.05) is 6.42 Å². The van der Waals surface area contributed by atoms with Crippen LogP contribution in [0.1, 0.15) is 38.5 Å². The van der Waals surface area contributed by atoms with Gasteiger partial charge in [-0.15, -0.1) is 0 Å². The van der Waals surface area contributed by atoms with Gasteiger partial charge in [0.15, 0.2) is 0 Å². The molecule has 2 heterocycles. The minimum atomic E-state index is -0.774. The van der Waals surface area contributed by atoms with Crippen molar-refractivity contribution in [3.05, 3.63) is 0 Å². The number of carbonyl (C=O) groups is 1. The topological polar surface area (TPSA) is 53.0 Å². The number of likely N-dealkylation sites (tertiary alicyclic amines) is 2. The van der Waals surface area contributed by atoms with Gasteiger partial charge >= 0.3 is 5.97 Å². The first-order valence-corrected chi connectivity index (χ1v) is 8.02. The minimum absolute atomic E-state index is 0.120. The predicted molar refractivity (Wildman–Crippen MR) is 78.0 cm³/mol. The van der Waals surface area contributed by atoms with Crippen molar-refractivity contribution in [3.8, 4) is 0 Å². The van der Waals surface area contributed by atoms with Crippen LogP contribution in [0.5, 0.6) is 0 Å². The largest absolute Gasteiger partial charge is 0.481 e. The van der Waals surface area contributed by atoms with Gasteiger partial charge in [-0.25, -0.2) is 0 Å². The van der Waals surface area contributed by atoms with Crippen LogP contribution in [-0.4, -0.2) is 72.9 Å². The van der Waals surface area contributed by atoms with Crippen LogP contribution in [0.4, 0.5) is 0 Å². The number of nitrogens with zero attached hydrogens (tertiary/aromatic N) is 2. The fraction of sp³-hybridized carbons (Fsp3) is 0.933. The Hall–Kier alpha value is -0.650. The highest BCUT2D eigenvalue weighted by molar-refractivity contribution is 5.66. The third kappa shape index (κ3) is 5.77. The lowest BCUT2D eigenvalue weighted by Gasteiger charge is -2.34. The van der Waals surface area contributed by atoms with Crippen LogP contribution >= 0.6 is 0 Å². The van der Waals surface area contributed by atoms with Crippen molar-refractivity contribution >= 4 is 5.97 Å². The second-order valence-corrected chi connectivity index (χ2v) is 5.96. The molecule has 1 N–H and O–H groups in total. The van der Waals surface area contributed by atoms with E-state index in [1.807, 2.05) is 0 Å². The Balaban J connectivity index is 1.53. The zero-order valence-corrected chi connectivity index (χ0v) is 12.4. The van der Waals surface area contributed by atoms with Crippen molar-refractivity contribution < 1.29 is 14.6 Å². The van der Waals surface area contributed by atoms with E-state index >= 15 is 0 Å². The van der Waals surface area contributed by atoms with E-state index in [1.165, 1.54) is 45.4 Å². The highest BCUT2D eigenvalue weighted by Gasteiger charge is 2.20. The van der Waals surface area contributed by atoms with Crippen LogP contribution in [0.3, 0.4) is 0 Å². The summed E-state index contributed by atoms with van der Waals surface area (Å²) in [7, 11) is 0. The Morgan fingerprint density at radius 1 is 1.00 bits per heavy atom. The maximum atomic E-state index is 10.4. The molecule has 2 rings (SSSR count). The second kappa shape index (κ2) is 8.60. The van der Waals surface area contributed by atoms with E-state index in [9.17, 15) is 4.79 Å². The molecule has 116 valence electrons. The van der Waals surface area contributed by atoms with E-state index in [1.54, 1.807) is 0 Å². The molecule has 0 atom stereocenters. The predicted octanol–water partition coefficient (Wildman–Crippen LogP) is 1.43. The molecular formula is C15H28N2O3. The standard InChI is InChI=1S/C15H28N2O3/c18-15(19)6-13-20-14-4-9-17(10-5-14)12-11-16-7-2-1-3-8-16/h14H,1-13H2,(H,18,19). The molecule has 5 heteroatoms. The van der Waals surface area contributed by atoms with Gasteiger partial charge in [-0.3, -0.25) is 4.79 Å². The van der Waals surface area contributed by atoms with E-state index < -0.39 is 5.97 Å². The number of rotatable bonds is 7. The summed E-state index contributed by atoms with van der Waals surface area (Å²) in [5.41, 5.74) is 0. The first kappa shape index (κ1) is 15.7. The van der Waals surface area contributed by atoms with Crippen molar-refractivity contribution in [2.75, 3.05) is 45.9 Å². The van der Waals surface area contributed by atoms with Crippen LogP contribution in [0, 0.1) is 0 Å². The van der Waals surface area contributed by atoms with Gasteiger partial charge in [-0.05, 0) is 38.8 Å². The molecule has 0 aromatic carbocycles. The molecule has 0 unspecified atom stereocenters. The monoisotopic (exact) mass is 284 g/mol. The number of piperidine rings is 2. The lowest BCUT2D eigenvalue weighted by atomic mass is 10.1. The smallest absolute Gasteiger partial charge is 0.305 e. The van der Waals surface area contributed by atoms with Crippen molar-refractivity contribution in [3.63, 3.8) is 0 Å². The SMILES string of the molecule is O=C(O)CCOC1CCN(CCN2CCCCC2)CC1. The Morgan fingerprint density at radius 3 is 2.20 bits per heavy atom. The molecule has 2 aliphatic rings. The van der Waals surface area contributed by atoms with Gasteiger partial charge in [0.05, 0.1) is 19.1 Å². The summed E-state index contributed by atoms with van der Waals surface area (Å²) in [4.78, 5) is 15.5. The summed E-state index contributed by atoms with van der Waals surface area (Å²) in [6.07, 6.45) is 6.59. The molecule has 5 nitrogen and oxygen atoms in total. The summed E-state index contributed by atoms with van der Waals surface area (Å²) in [6, 6.07) is 0. The van der Waals surface area contributed by atoms with Crippen LogP contribution in [0.2, 0.25) is 0 Å². The molecule has 0 saturated carbocycles. The average Bonchev–Trinajstić information content (AvgIpc) is 2.47. The summed E-state index contributed by atoms with van der Waals surface area (Å²) in [5, 5.41) is 8.59. The molecule has 0 aliphatic carbocycles. The molecular weight excluding hydrogens is 256 g/mol. The lowest BCUT2D eigenvalue weighted by molar-refractivity contribution is -0.138. The first-order chi connectivity index (χ1) is 9.74. The number of hydrogen-bond donors (Lipinski definition) is 1. The second-order valence-electron chi connectivity index (χ2n) is 5.96. The third-order valence-corrected chi connectivity index (χ3v) is 4.39. The molecule has 0 aromatic rings. The maximum absolute atomic E-state index is 10.4. The summed E-state index contributed by atoms with van der Waals surface area (Å²) >= 11 is 0. The van der Waals surface area contributed by atoms with Crippen LogP contribution in [-0.2, 0) is 9.53 Å². The van der Waals surface area contributed by atoms with Gasteiger partial charge < -0.3 is 19.6 Å². The summed E-state index contributed by atoms with van der Waals surface area (Å²) in [5.74, 6) is -0.774. The Morgan fingerprint density at radius 2 is 1.60 bits per heavy atom. The zero-order valence-electron chi connectivity index (χ0n) is 12.4. The van der Waals surface area contributed by atoms with E-state index in [4.69, 9.17) is 9.84 Å². The third-order valence-electron chi connectivity index (χ3n) is 4.39. The first-order valence-electron chi connectivity index (χ1n) is 8.02. The van der Waals surface area contributed by atoms with Crippen molar-refractivity contribution in [2.24, 2.45) is 0 Å². The summed E-state index contributed by atoms with van der Waals surface area (Å²) in [6.45, 7) is 7.45. The number of carboxylic acid groups (broad SMARTS) is 1. The van der Waals surface area contributed by atoms with Gasteiger partial charge in [0.2, 0.25) is 0 Å². The quantitative estimate of drug-likeness (QED) is 0.766. The maximum Gasteiger partial charge on any atom is 0.305 e. The number of aliphatic carboxylic acids is 1. The highest BCUT2D eigenvalue weighted by atomic mass is 16.5. The Bertz CT molecular complexity index is 285. The van der Waals surface area contributed by atoms with E-state index in [-0.39, 0.29) is 12.5 Å². The lowest BCUT2D eigenvalue weighted by Crippen LogP contribution is -2.42. The van der Waals surface area contributed by atoms with Crippen LogP contribution in [0.15, 0.2) is 0 Å². The normalized spacial score (nSPS) is 23.0. The molecule has 0 aromatic heterocycles. The molecule has 0 amide bonds. The highest BCUT2D eigenvalue weighted by Crippen LogP contribution is 2.14. The molecule has 2 saturated heterocycles. The number of hydrogen-bond acceptors (Lipinski definition) is 4. The van der Waals surface area contributed by atoms with Crippen molar-refractivity contribution in [2.45, 2.75) is 44.6 Å². The molecule has 20 heavy (non-hydrogen) atoms. The van der Waals surface area contributed by atoms with Crippen LogP contribution in [0.25, 0.3) is 0 Å². The van der Waals surface area contributed by atoms with Gasteiger partial charge in [0, 0.05) is 26.2 Å².